The Morgan fingerprint density at radius 1 is 1.44 bits per heavy atom. The normalized spacial score (nSPS) is 10.4. The van der Waals surface area contributed by atoms with Gasteiger partial charge in [-0.15, -0.1) is 0 Å². The molecule has 0 radical (unpaired) electrons. The van der Waals surface area contributed by atoms with Crippen LogP contribution in [0.5, 0.6) is 0 Å². The van der Waals surface area contributed by atoms with Gasteiger partial charge in [-0.2, -0.15) is 11.8 Å². The topological polar surface area (TPSA) is 49.3 Å². The van der Waals surface area contributed by atoms with E-state index in [-0.39, 0.29) is 12.5 Å². The van der Waals surface area contributed by atoms with Gasteiger partial charge in [0.25, 0.3) is 5.91 Å². The van der Waals surface area contributed by atoms with Crippen molar-refractivity contribution in [3.63, 3.8) is 0 Å². The molecule has 1 amide bonds. The zero-order chi connectivity index (χ0) is 13.4. The Bertz CT molecular complexity index is 404. The van der Waals surface area contributed by atoms with Crippen LogP contribution in [0.25, 0.3) is 0 Å². The van der Waals surface area contributed by atoms with E-state index in [1.807, 2.05) is 18.2 Å². The first kappa shape index (κ1) is 16.3. The molecule has 0 unspecified atom stereocenters. The molecule has 0 aliphatic carbocycles. The molecular formula is C12H15BrINO2S. The summed E-state index contributed by atoms with van der Waals surface area (Å²) in [5.41, 5.74) is 0.669. The van der Waals surface area contributed by atoms with Crippen LogP contribution in [0.2, 0.25) is 0 Å². The lowest BCUT2D eigenvalue weighted by Gasteiger charge is -2.07. The number of hydrogen-bond acceptors (Lipinski definition) is 3. The van der Waals surface area contributed by atoms with Crippen LogP contribution in [0.1, 0.15) is 16.8 Å². The summed E-state index contributed by atoms with van der Waals surface area (Å²) in [4.78, 5) is 11.9. The van der Waals surface area contributed by atoms with Crippen molar-refractivity contribution < 1.29 is 9.90 Å². The van der Waals surface area contributed by atoms with Crippen LogP contribution in [0, 0.1) is 3.57 Å². The summed E-state index contributed by atoms with van der Waals surface area (Å²) in [6.45, 7) is 0.877. The van der Waals surface area contributed by atoms with E-state index in [0.717, 1.165) is 26.0 Å². The Morgan fingerprint density at radius 3 is 2.94 bits per heavy atom. The van der Waals surface area contributed by atoms with Gasteiger partial charge in [-0.05, 0) is 68.9 Å². The molecule has 1 aromatic carbocycles. The van der Waals surface area contributed by atoms with E-state index in [1.54, 1.807) is 11.8 Å². The van der Waals surface area contributed by atoms with Gasteiger partial charge in [-0.3, -0.25) is 4.79 Å². The molecule has 0 bridgehead atoms. The van der Waals surface area contributed by atoms with Crippen molar-refractivity contribution in [2.45, 2.75) is 6.42 Å². The smallest absolute Gasteiger partial charge is 0.252 e. The van der Waals surface area contributed by atoms with E-state index in [0.29, 0.717) is 12.1 Å². The second-order valence-corrected chi connectivity index (χ2v) is 6.89. The third-order valence-electron chi connectivity index (χ3n) is 2.15. The van der Waals surface area contributed by atoms with Crippen LogP contribution in [0.15, 0.2) is 22.7 Å². The fourth-order valence-electron chi connectivity index (χ4n) is 1.27. The van der Waals surface area contributed by atoms with Gasteiger partial charge < -0.3 is 10.4 Å². The van der Waals surface area contributed by atoms with Crippen molar-refractivity contribution in [3.05, 3.63) is 31.8 Å². The first-order chi connectivity index (χ1) is 8.65. The number of thioether (sulfide) groups is 1. The highest BCUT2D eigenvalue weighted by Crippen LogP contribution is 2.19. The maximum absolute atomic E-state index is 11.9. The largest absolute Gasteiger partial charge is 0.396 e. The Morgan fingerprint density at radius 2 is 2.22 bits per heavy atom. The highest BCUT2D eigenvalue weighted by atomic mass is 127. The minimum absolute atomic E-state index is 0.0526. The summed E-state index contributed by atoms with van der Waals surface area (Å²) in [6, 6.07) is 5.69. The van der Waals surface area contributed by atoms with Crippen molar-refractivity contribution in [2.75, 3.05) is 24.7 Å². The number of hydrogen-bond donors (Lipinski definition) is 2. The Labute approximate surface area is 133 Å². The molecule has 0 aromatic heterocycles. The molecule has 0 saturated heterocycles. The van der Waals surface area contributed by atoms with Gasteiger partial charge >= 0.3 is 0 Å². The number of aliphatic hydroxyl groups excluding tert-OH is 1. The van der Waals surface area contributed by atoms with Gasteiger partial charge in [-0.25, -0.2) is 0 Å². The van der Waals surface area contributed by atoms with Crippen molar-refractivity contribution >= 4 is 56.2 Å². The molecule has 2 N–H and O–H groups in total. The molecule has 1 rings (SSSR count). The molecule has 18 heavy (non-hydrogen) atoms. The monoisotopic (exact) mass is 443 g/mol. The fraction of sp³-hybridized carbons (Fsp3) is 0.417. The van der Waals surface area contributed by atoms with Gasteiger partial charge in [0.15, 0.2) is 0 Å². The summed E-state index contributed by atoms with van der Waals surface area (Å²) >= 11 is 7.30. The first-order valence-corrected chi connectivity index (χ1v) is 8.59. The van der Waals surface area contributed by atoms with Gasteiger partial charge in [0.05, 0.1) is 5.56 Å². The number of nitrogens with one attached hydrogen (secondary N) is 1. The number of benzene rings is 1. The lowest BCUT2D eigenvalue weighted by molar-refractivity contribution is 0.0955. The van der Waals surface area contributed by atoms with Crippen molar-refractivity contribution in [3.8, 4) is 0 Å². The fourth-order valence-corrected chi connectivity index (χ4v) is 2.97. The van der Waals surface area contributed by atoms with Crippen molar-refractivity contribution in [1.82, 2.24) is 5.32 Å². The molecule has 100 valence electrons. The molecule has 0 heterocycles. The Kier molecular flexibility index (Phi) is 8.28. The first-order valence-electron chi connectivity index (χ1n) is 5.57. The van der Waals surface area contributed by atoms with Gasteiger partial charge in [-0.1, -0.05) is 0 Å². The lowest BCUT2D eigenvalue weighted by Crippen LogP contribution is -2.26. The summed E-state index contributed by atoms with van der Waals surface area (Å²) < 4.78 is 1.85. The SMILES string of the molecule is O=C(NCCSCCCO)c1cc(I)ccc1Br. The van der Waals surface area contributed by atoms with Gasteiger partial charge in [0.1, 0.15) is 0 Å². The third kappa shape index (κ3) is 5.90. The second kappa shape index (κ2) is 9.17. The number of halogens is 2. The predicted octanol–water partition coefficient (Wildman–Crippen LogP) is 2.90. The average Bonchev–Trinajstić information content (AvgIpc) is 2.36. The zero-order valence-electron chi connectivity index (χ0n) is 9.79. The van der Waals surface area contributed by atoms with Gasteiger partial charge in [0.2, 0.25) is 0 Å². The van der Waals surface area contributed by atoms with Crippen LogP contribution in [0.4, 0.5) is 0 Å². The number of amides is 1. The molecule has 0 saturated carbocycles. The van der Waals surface area contributed by atoms with E-state index in [1.165, 1.54) is 0 Å². The quantitative estimate of drug-likeness (QED) is 0.503. The van der Waals surface area contributed by atoms with E-state index >= 15 is 0 Å². The van der Waals surface area contributed by atoms with E-state index < -0.39 is 0 Å². The number of rotatable bonds is 7. The molecule has 1 aromatic rings. The summed E-state index contributed by atoms with van der Waals surface area (Å²) in [5.74, 6) is 1.75. The maximum Gasteiger partial charge on any atom is 0.252 e. The molecule has 0 aliphatic rings. The minimum atomic E-state index is -0.0526. The molecule has 0 spiro atoms. The Hall–Kier alpha value is 0.210. The lowest BCUT2D eigenvalue weighted by atomic mass is 10.2. The van der Waals surface area contributed by atoms with Crippen molar-refractivity contribution in [2.24, 2.45) is 0 Å². The van der Waals surface area contributed by atoms with Gasteiger partial charge in [0, 0.05) is 26.9 Å². The van der Waals surface area contributed by atoms with Crippen LogP contribution < -0.4 is 5.32 Å². The zero-order valence-corrected chi connectivity index (χ0v) is 14.3. The highest BCUT2D eigenvalue weighted by Gasteiger charge is 2.09. The molecule has 0 aliphatic heterocycles. The standard InChI is InChI=1S/C12H15BrINO2S/c13-11-3-2-9(14)8-10(11)12(17)15-4-7-18-6-1-5-16/h2-3,8,16H,1,4-7H2,(H,15,17). The van der Waals surface area contributed by atoms with Crippen molar-refractivity contribution in [1.29, 1.82) is 0 Å². The van der Waals surface area contributed by atoms with Crippen LogP contribution in [-0.4, -0.2) is 35.7 Å². The number of aliphatic hydroxyl groups is 1. The highest BCUT2D eigenvalue weighted by molar-refractivity contribution is 14.1. The van der Waals surface area contributed by atoms with Crippen LogP contribution in [-0.2, 0) is 0 Å². The molecular weight excluding hydrogens is 429 g/mol. The summed E-state index contributed by atoms with van der Waals surface area (Å²) in [6.07, 6.45) is 0.807. The Balaban J connectivity index is 2.34. The van der Waals surface area contributed by atoms with E-state index in [2.05, 4.69) is 43.8 Å². The van der Waals surface area contributed by atoms with Crippen LogP contribution in [0.3, 0.4) is 0 Å². The molecule has 0 atom stereocenters. The molecule has 0 fully saturated rings. The predicted molar refractivity (Wildman–Crippen MR) is 88.2 cm³/mol. The molecule has 3 nitrogen and oxygen atoms in total. The third-order valence-corrected chi connectivity index (χ3v) is 4.58. The average molecular weight is 444 g/mol. The maximum atomic E-state index is 11.9. The van der Waals surface area contributed by atoms with E-state index in [4.69, 9.17) is 5.11 Å². The van der Waals surface area contributed by atoms with E-state index in [9.17, 15) is 4.79 Å². The number of carbonyl (C=O) groups is 1. The van der Waals surface area contributed by atoms with Crippen LogP contribution >= 0.6 is 50.3 Å². The number of carbonyl (C=O) groups excluding carboxylic acids is 1. The molecule has 6 heteroatoms. The second-order valence-electron chi connectivity index (χ2n) is 3.57. The summed E-state index contributed by atoms with van der Waals surface area (Å²) in [5, 5.41) is 11.5. The minimum Gasteiger partial charge on any atom is -0.396 e. The summed E-state index contributed by atoms with van der Waals surface area (Å²) in [7, 11) is 0.